The van der Waals surface area contributed by atoms with E-state index in [0.29, 0.717) is 0 Å². The largest absolute Gasteiger partial charge is 0.368 e. The van der Waals surface area contributed by atoms with E-state index in [1.165, 1.54) is 5.39 Å². The predicted molar refractivity (Wildman–Crippen MR) is 72.0 cm³/mol. The van der Waals surface area contributed by atoms with E-state index < -0.39 is 0 Å². The Morgan fingerprint density at radius 2 is 2.06 bits per heavy atom. The van der Waals surface area contributed by atoms with Gasteiger partial charge in [0.15, 0.2) is 0 Å². The summed E-state index contributed by atoms with van der Waals surface area (Å²) in [6.45, 7) is 0.938. The molecule has 18 heavy (non-hydrogen) atoms. The second kappa shape index (κ2) is 6.12. The number of rotatable bonds is 1. The summed E-state index contributed by atoms with van der Waals surface area (Å²) in [6.07, 6.45) is 3.80. The normalized spacial score (nSPS) is 18.1. The Kier molecular flexibility index (Phi) is 4.25. The molecule has 3 N–H and O–H groups in total. The number of hydrogen-bond donors (Lipinski definition) is 2. The van der Waals surface area contributed by atoms with Crippen molar-refractivity contribution in [1.29, 1.82) is 0 Å². The van der Waals surface area contributed by atoms with Crippen molar-refractivity contribution in [1.82, 2.24) is 10.3 Å². The highest BCUT2D eigenvalue weighted by Gasteiger charge is 2.18. The summed E-state index contributed by atoms with van der Waals surface area (Å²) >= 11 is 0. The number of aromatic nitrogens is 1. The maximum atomic E-state index is 10.4. The Bertz CT molecular complexity index is 456. The number of fused-ring (bicyclic) bond motifs is 1. The van der Waals surface area contributed by atoms with Crippen LogP contribution in [0.1, 0.15) is 12.8 Å². The Morgan fingerprint density at radius 3 is 2.67 bits per heavy atom. The van der Waals surface area contributed by atoms with Gasteiger partial charge in [0, 0.05) is 11.6 Å². The van der Waals surface area contributed by atoms with Crippen LogP contribution in [0, 0.1) is 0 Å². The van der Waals surface area contributed by atoms with Gasteiger partial charge in [-0.15, -0.1) is 0 Å². The molecule has 1 aliphatic heterocycles. The Hall–Kier alpha value is -1.94. The molecule has 1 fully saturated rings. The minimum atomic E-state index is -0.220. The molecular formula is C14H17N3O. The lowest BCUT2D eigenvalue weighted by atomic mass is 10.2. The van der Waals surface area contributed by atoms with Crippen molar-refractivity contribution in [2.45, 2.75) is 18.9 Å². The van der Waals surface area contributed by atoms with Crippen LogP contribution in [0.4, 0.5) is 0 Å². The average molecular weight is 243 g/mol. The molecule has 0 bridgehead atoms. The molecule has 3 rings (SSSR count). The first-order valence-electron chi connectivity index (χ1n) is 6.10. The first kappa shape index (κ1) is 12.5. The third-order valence-electron chi connectivity index (χ3n) is 2.92. The second-order valence-electron chi connectivity index (χ2n) is 4.25. The molecule has 94 valence electrons. The molecule has 2 aromatic rings. The molecular weight excluding hydrogens is 226 g/mol. The monoisotopic (exact) mass is 243 g/mol. The van der Waals surface area contributed by atoms with Crippen LogP contribution in [0.5, 0.6) is 0 Å². The fourth-order valence-corrected chi connectivity index (χ4v) is 1.94. The number of benzene rings is 1. The predicted octanol–water partition coefficient (Wildman–Crippen LogP) is 1.46. The number of para-hydroxylation sites is 1. The van der Waals surface area contributed by atoms with Gasteiger partial charge in [0.1, 0.15) is 0 Å². The van der Waals surface area contributed by atoms with Gasteiger partial charge in [-0.2, -0.15) is 0 Å². The number of nitrogens with two attached hydrogens (primary N) is 1. The van der Waals surface area contributed by atoms with Gasteiger partial charge in [0.25, 0.3) is 0 Å². The van der Waals surface area contributed by atoms with Gasteiger partial charge in [-0.05, 0) is 31.5 Å². The van der Waals surface area contributed by atoms with Gasteiger partial charge in [0.2, 0.25) is 5.91 Å². The second-order valence-corrected chi connectivity index (χ2v) is 4.25. The molecule has 1 saturated heterocycles. The van der Waals surface area contributed by atoms with Crippen molar-refractivity contribution < 1.29 is 4.79 Å². The van der Waals surface area contributed by atoms with Crippen molar-refractivity contribution in [3.8, 4) is 0 Å². The number of carbonyl (C=O) groups is 1. The quantitative estimate of drug-likeness (QED) is 0.796. The van der Waals surface area contributed by atoms with Gasteiger partial charge < -0.3 is 11.1 Å². The van der Waals surface area contributed by atoms with Gasteiger partial charge >= 0.3 is 0 Å². The molecule has 1 aromatic heterocycles. The number of pyridine rings is 1. The van der Waals surface area contributed by atoms with Crippen molar-refractivity contribution in [3.05, 3.63) is 42.6 Å². The topological polar surface area (TPSA) is 68.0 Å². The van der Waals surface area contributed by atoms with Crippen LogP contribution in [-0.2, 0) is 4.79 Å². The lowest BCUT2D eigenvalue weighted by Crippen LogP contribution is -2.36. The summed E-state index contributed by atoms with van der Waals surface area (Å²) in [4.78, 5) is 14.5. The van der Waals surface area contributed by atoms with Crippen LogP contribution in [0.25, 0.3) is 10.9 Å². The van der Waals surface area contributed by atoms with Crippen molar-refractivity contribution in [2.24, 2.45) is 5.73 Å². The number of hydrogen-bond acceptors (Lipinski definition) is 3. The zero-order chi connectivity index (χ0) is 12.8. The zero-order valence-electron chi connectivity index (χ0n) is 10.2. The Balaban J connectivity index is 0.000000138. The number of primary amides is 1. The van der Waals surface area contributed by atoms with Crippen LogP contribution < -0.4 is 11.1 Å². The number of carbonyl (C=O) groups excluding carboxylic acids is 1. The molecule has 0 radical (unpaired) electrons. The van der Waals surface area contributed by atoms with Gasteiger partial charge in [0.05, 0.1) is 11.6 Å². The van der Waals surface area contributed by atoms with E-state index in [-0.39, 0.29) is 11.9 Å². The number of amides is 1. The molecule has 1 unspecified atom stereocenters. The first-order chi connectivity index (χ1) is 8.77. The standard InChI is InChI=1S/C9H7N.C5H10N2O/c1-2-6-9-8(4-1)5-3-7-10-9;6-5(8)4-2-1-3-7-4/h1-7H;4,7H,1-3H2,(H2,6,8). The van der Waals surface area contributed by atoms with Crippen LogP contribution in [0.15, 0.2) is 42.6 Å². The SMILES string of the molecule is NC(=O)C1CCCN1.c1ccc2ncccc2c1. The summed E-state index contributed by atoms with van der Waals surface area (Å²) in [7, 11) is 0. The van der Waals surface area contributed by atoms with Crippen LogP contribution in [0.2, 0.25) is 0 Å². The van der Waals surface area contributed by atoms with E-state index in [9.17, 15) is 4.79 Å². The zero-order valence-corrected chi connectivity index (χ0v) is 10.2. The smallest absolute Gasteiger partial charge is 0.234 e. The van der Waals surface area contributed by atoms with Crippen LogP contribution in [-0.4, -0.2) is 23.5 Å². The van der Waals surface area contributed by atoms with Gasteiger partial charge in [-0.1, -0.05) is 24.3 Å². The Labute approximate surface area is 106 Å². The highest BCUT2D eigenvalue weighted by atomic mass is 16.1. The molecule has 0 aliphatic carbocycles. The summed E-state index contributed by atoms with van der Waals surface area (Å²) in [5, 5.41) is 4.18. The molecule has 1 aromatic carbocycles. The first-order valence-corrected chi connectivity index (χ1v) is 6.10. The molecule has 1 aliphatic rings. The summed E-state index contributed by atoms with van der Waals surface area (Å²) in [5.74, 6) is -0.220. The molecule has 2 heterocycles. The van der Waals surface area contributed by atoms with Gasteiger partial charge in [-0.3, -0.25) is 9.78 Å². The van der Waals surface area contributed by atoms with Crippen LogP contribution >= 0.6 is 0 Å². The van der Waals surface area contributed by atoms with Crippen molar-refractivity contribution in [2.75, 3.05) is 6.54 Å². The van der Waals surface area contributed by atoms with E-state index in [1.54, 1.807) is 0 Å². The molecule has 4 nitrogen and oxygen atoms in total. The average Bonchev–Trinajstić information content (AvgIpc) is 2.94. The van der Waals surface area contributed by atoms with Crippen molar-refractivity contribution in [3.63, 3.8) is 0 Å². The van der Waals surface area contributed by atoms with E-state index in [4.69, 9.17) is 5.73 Å². The minimum Gasteiger partial charge on any atom is -0.368 e. The highest BCUT2D eigenvalue weighted by molar-refractivity contribution is 5.80. The molecule has 0 saturated carbocycles. The molecule has 0 spiro atoms. The fourth-order valence-electron chi connectivity index (χ4n) is 1.94. The number of nitrogens with zero attached hydrogens (tertiary/aromatic N) is 1. The van der Waals surface area contributed by atoms with E-state index >= 15 is 0 Å². The molecule has 1 atom stereocenters. The Morgan fingerprint density at radius 1 is 1.28 bits per heavy atom. The number of nitrogens with one attached hydrogen (secondary N) is 1. The van der Waals surface area contributed by atoms with Crippen LogP contribution in [0.3, 0.4) is 0 Å². The van der Waals surface area contributed by atoms with Crippen molar-refractivity contribution >= 4 is 16.8 Å². The molecule has 4 heteroatoms. The maximum absolute atomic E-state index is 10.4. The lowest BCUT2D eigenvalue weighted by Gasteiger charge is -2.01. The van der Waals surface area contributed by atoms with E-state index in [1.807, 2.05) is 30.5 Å². The molecule has 1 amide bonds. The summed E-state index contributed by atoms with van der Waals surface area (Å²) in [5.41, 5.74) is 6.06. The third-order valence-corrected chi connectivity index (χ3v) is 2.92. The third kappa shape index (κ3) is 3.28. The van der Waals surface area contributed by atoms with E-state index in [2.05, 4.69) is 22.4 Å². The minimum absolute atomic E-state index is 0.0463. The lowest BCUT2D eigenvalue weighted by molar-refractivity contribution is -0.119. The highest BCUT2D eigenvalue weighted by Crippen LogP contribution is 2.07. The summed E-state index contributed by atoms with van der Waals surface area (Å²) < 4.78 is 0. The fraction of sp³-hybridized carbons (Fsp3) is 0.286. The van der Waals surface area contributed by atoms with E-state index in [0.717, 1.165) is 24.9 Å². The maximum Gasteiger partial charge on any atom is 0.234 e. The van der Waals surface area contributed by atoms with Gasteiger partial charge in [-0.25, -0.2) is 0 Å². The summed E-state index contributed by atoms with van der Waals surface area (Å²) in [6, 6.07) is 12.0.